The van der Waals surface area contributed by atoms with Crippen molar-refractivity contribution in [1.82, 2.24) is 9.80 Å². The second-order valence-corrected chi connectivity index (χ2v) is 5.88. The highest BCUT2D eigenvalue weighted by atomic mass is 35.5. The predicted octanol–water partition coefficient (Wildman–Crippen LogP) is 1.88. The molecule has 1 aliphatic rings. The van der Waals surface area contributed by atoms with Crippen LogP contribution < -0.4 is 0 Å². The van der Waals surface area contributed by atoms with Crippen LogP contribution in [0.5, 0.6) is 0 Å². The lowest BCUT2D eigenvalue weighted by Gasteiger charge is -2.34. The Morgan fingerprint density at radius 3 is 2.38 bits per heavy atom. The van der Waals surface area contributed by atoms with Crippen molar-refractivity contribution in [2.24, 2.45) is 0 Å². The van der Waals surface area contributed by atoms with Crippen molar-refractivity contribution in [3.8, 4) is 11.3 Å². The molecule has 0 unspecified atom stereocenters. The van der Waals surface area contributed by atoms with Crippen molar-refractivity contribution < 1.29 is 19.1 Å². The Labute approximate surface area is 144 Å². The average Bonchev–Trinajstić information content (AvgIpc) is 3.11. The van der Waals surface area contributed by atoms with E-state index in [-0.39, 0.29) is 17.6 Å². The van der Waals surface area contributed by atoms with Crippen LogP contribution in [0.3, 0.4) is 0 Å². The summed E-state index contributed by atoms with van der Waals surface area (Å²) >= 11 is 6.14. The molecule has 1 aliphatic heterocycles. The van der Waals surface area contributed by atoms with E-state index in [1.165, 1.54) is 0 Å². The zero-order chi connectivity index (χ0) is 17.1. The Balaban J connectivity index is 1.69. The molecule has 0 radical (unpaired) electrons. The van der Waals surface area contributed by atoms with E-state index in [9.17, 15) is 9.59 Å². The normalized spacial score (nSPS) is 14.8. The highest BCUT2D eigenvalue weighted by Gasteiger charge is 2.26. The molecular formula is C17H17ClN2O4. The average molecular weight is 349 g/mol. The zero-order valence-corrected chi connectivity index (χ0v) is 13.7. The number of carbonyl (C=O) groups excluding carboxylic acids is 2. The Hall–Kier alpha value is -2.31. The zero-order valence-electron chi connectivity index (χ0n) is 12.9. The molecule has 0 bridgehead atoms. The number of aliphatic hydroxyl groups excluding tert-OH is 1. The van der Waals surface area contributed by atoms with E-state index in [0.717, 1.165) is 5.56 Å². The van der Waals surface area contributed by atoms with Crippen LogP contribution in [0.4, 0.5) is 0 Å². The van der Waals surface area contributed by atoms with Gasteiger partial charge in [-0.15, -0.1) is 0 Å². The van der Waals surface area contributed by atoms with Gasteiger partial charge in [0.2, 0.25) is 5.91 Å². The lowest BCUT2D eigenvalue weighted by atomic mass is 10.2. The largest absolute Gasteiger partial charge is 0.451 e. The van der Waals surface area contributed by atoms with Crippen LogP contribution in [0, 0.1) is 0 Å². The molecule has 126 valence electrons. The summed E-state index contributed by atoms with van der Waals surface area (Å²) in [7, 11) is 0. The summed E-state index contributed by atoms with van der Waals surface area (Å²) in [6.45, 7) is 1.12. The monoisotopic (exact) mass is 348 g/mol. The van der Waals surface area contributed by atoms with Gasteiger partial charge in [-0.1, -0.05) is 23.7 Å². The van der Waals surface area contributed by atoms with E-state index in [2.05, 4.69) is 0 Å². The molecule has 0 aliphatic carbocycles. The number of aliphatic hydroxyl groups is 1. The van der Waals surface area contributed by atoms with Gasteiger partial charge >= 0.3 is 0 Å². The molecule has 2 heterocycles. The van der Waals surface area contributed by atoms with Crippen LogP contribution in [0.15, 0.2) is 40.8 Å². The van der Waals surface area contributed by atoms with Crippen molar-refractivity contribution in [2.45, 2.75) is 0 Å². The first kappa shape index (κ1) is 16.5. The Bertz CT molecular complexity index is 751. The number of hydrogen-bond acceptors (Lipinski definition) is 4. The third kappa shape index (κ3) is 3.29. The summed E-state index contributed by atoms with van der Waals surface area (Å²) in [5.74, 6) is 0.246. The molecule has 2 aromatic rings. The fraction of sp³-hybridized carbons (Fsp3) is 0.294. The van der Waals surface area contributed by atoms with Crippen LogP contribution in [0.2, 0.25) is 5.02 Å². The van der Waals surface area contributed by atoms with Crippen LogP contribution in [-0.4, -0.2) is 59.5 Å². The van der Waals surface area contributed by atoms with Crippen LogP contribution in [-0.2, 0) is 4.79 Å². The van der Waals surface area contributed by atoms with Gasteiger partial charge in [-0.2, -0.15) is 0 Å². The van der Waals surface area contributed by atoms with E-state index >= 15 is 0 Å². The van der Waals surface area contributed by atoms with Gasteiger partial charge in [0.25, 0.3) is 5.91 Å². The molecule has 1 N–H and O–H groups in total. The lowest BCUT2D eigenvalue weighted by molar-refractivity contribution is -0.135. The molecule has 0 saturated carbocycles. The Morgan fingerprint density at radius 2 is 1.71 bits per heavy atom. The van der Waals surface area contributed by atoms with Gasteiger partial charge < -0.3 is 19.3 Å². The fourth-order valence-corrected chi connectivity index (χ4v) is 2.90. The van der Waals surface area contributed by atoms with E-state index in [0.29, 0.717) is 37.0 Å². The fourth-order valence-electron chi connectivity index (χ4n) is 2.67. The minimum Gasteiger partial charge on any atom is -0.451 e. The summed E-state index contributed by atoms with van der Waals surface area (Å²) in [4.78, 5) is 27.1. The molecule has 3 rings (SSSR count). The number of benzene rings is 1. The Kier molecular flexibility index (Phi) is 4.87. The van der Waals surface area contributed by atoms with E-state index in [1.54, 1.807) is 28.0 Å². The Morgan fingerprint density at radius 1 is 1.04 bits per heavy atom. The standard InChI is InChI=1S/C17H17ClN2O4/c18-13-4-2-1-3-12(13)14-5-6-15(24-14)17(23)20-9-7-19(8-10-20)16(22)11-21/h1-6,21H,7-11H2. The first-order valence-corrected chi connectivity index (χ1v) is 8.00. The maximum Gasteiger partial charge on any atom is 0.289 e. The molecule has 2 amide bonds. The molecular weight excluding hydrogens is 332 g/mol. The van der Waals surface area contributed by atoms with Gasteiger partial charge in [0.15, 0.2) is 5.76 Å². The minimum atomic E-state index is -0.507. The number of halogens is 1. The van der Waals surface area contributed by atoms with Gasteiger partial charge in [-0.3, -0.25) is 9.59 Å². The van der Waals surface area contributed by atoms with Crippen LogP contribution in [0.1, 0.15) is 10.6 Å². The van der Waals surface area contributed by atoms with Gasteiger partial charge in [0.1, 0.15) is 12.4 Å². The van der Waals surface area contributed by atoms with Crippen LogP contribution >= 0.6 is 11.6 Å². The maximum atomic E-state index is 12.5. The molecule has 1 saturated heterocycles. The number of piperazine rings is 1. The van der Waals surface area contributed by atoms with Crippen molar-refractivity contribution >= 4 is 23.4 Å². The topological polar surface area (TPSA) is 74.0 Å². The SMILES string of the molecule is O=C(CO)N1CCN(C(=O)c2ccc(-c3ccccc3Cl)o2)CC1. The summed E-state index contributed by atoms with van der Waals surface area (Å²) in [6.07, 6.45) is 0. The molecule has 0 atom stereocenters. The van der Waals surface area contributed by atoms with Gasteiger partial charge in [0, 0.05) is 31.7 Å². The first-order valence-electron chi connectivity index (χ1n) is 7.63. The molecule has 24 heavy (non-hydrogen) atoms. The van der Waals surface area contributed by atoms with Crippen molar-refractivity contribution in [1.29, 1.82) is 0 Å². The second-order valence-electron chi connectivity index (χ2n) is 5.47. The molecule has 1 aromatic carbocycles. The predicted molar refractivity (Wildman–Crippen MR) is 88.7 cm³/mol. The number of carbonyl (C=O) groups is 2. The molecule has 0 spiro atoms. The van der Waals surface area contributed by atoms with E-state index in [4.69, 9.17) is 21.1 Å². The van der Waals surface area contributed by atoms with Crippen LogP contribution in [0.25, 0.3) is 11.3 Å². The third-order valence-electron chi connectivity index (χ3n) is 4.01. The molecule has 1 fully saturated rings. The maximum absolute atomic E-state index is 12.5. The molecule has 7 heteroatoms. The summed E-state index contributed by atoms with van der Waals surface area (Å²) in [5, 5.41) is 9.43. The lowest BCUT2D eigenvalue weighted by Crippen LogP contribution is -2.51. The summed E-state index contributed by atoms with van der Waals surface area (Å²) < 4.78 is 5.66. The van der Waals surface area contributed by atoms with E-state index < -0.39 is 6.61 Å². The summed E-state index contributed by atoms with van der Waals surface area (Å²) in [5.41, 5.74) is 0.733. The third-order valence-corrected chi connectivity index (χ3v) is 4.34. The smallest absolute Gasteiger partial charge is 0.289 e. The van der Waals surface area contributed by atoms with Gasteiger partial charge in [-0.25, -0.2) is 0 Å². The van der Waals surface area contributed by atoms with Crippen molar-refractivity contribution in [3.63, 3.8) is 0 Å². The minimum absolute atomic E-state index is 0.218. The second kappa shape index (κ2) is 7.07. The van der Waals surface area contributed by atoms with Gasteiger partial charge in [0.05, 0.1) is 5.02 Å². The highest BCUT2D eigenvalue weighted by molar-refractivity contribution is 6.33. The summed E-state index contributed by atoms with van der Waals surface area (Å²) in [6, 6.07) is 10.6. The number of hydrogen-bond donors (Lipinski definition) is 1. The quantitative estimate of drug-likeness (QED) is 0.919. The molecule has 1 aromatic heterocycles. The first-order chi connectivity index (χ1) is 11.6. The highest BCUT2D eigenvalue weighted by Crippen LogP contribution is 2.29. The number of furan rings is 1. The van der Waals surface area contributed by atoms with Crippen molar-refractivity contribution in [3.05, 3.63) is 47.2 Å². The van der Waals surface area contributed by atoms with Gasteiger partial charge in [-0.05, 0) is 24.3 Å². The number of rotatable bonds is 3. The van der Waals surface area contributed by atoms with E-state index in [1.807, 2.05) is 18.2 Å². The number of amides is 2. The molecule has 6 nitrogen and oxygen atoms in total. The van der Waals surface area contributed by atoms with Crippen molar-refractivity contribution in [2.75, 3.05) is 32.8 Å². The number of nitrogens with zero attached hydrogens (tertiary/aromatic N) is 2.